The Bertz CT molecular complexity index is 554. The van der Waals surface area contributed by atoms with E-state index in [1.807, 2.05) is 12.3 Å². The zero-order chi connectivity index (χ0) is 14.4. The minimum atomic E-state index is -0.0607. The fourth-order valence-electron chi connectivity index (χ4n) is 2.15. The van der Waals surface area contributed by atoms with Gasteiger partial charge in [0.15, 0.2) is 0 Å². The van der Waals surface area contributed by atoms with Crippen LogP contribution < -0.4 is 10.5 Å². The molecule has 2 N–H and O–H groups in total. The first-order chi connectivity index (χ1) is 9.69. The van der Waals surface area contributed by atoms with Crippen molar-refractivity contribution in [3.05, 3.63) is 59.4 Å². The van der Waals surface area contributed by atoms with Gasteiger partial charge in [0.1, 0.15) is 5.75 Å². The van der Waals surface area contributed by atoms with Crippen LogP contribution in [0.15, 0.2) is 42.7 Å². The van der Waals surface area contributed by atoms with E-state index in [1.165, 1.54) is 11.1 Å². The Hall–Kier alpha value is -1.87. The molecule has 106 valence electrons. The van der Waals surface area contributed by atoms with Gasteiger partial charge in [0.25, 0.3) is 0 Å². The molecule has 0 fully saturated rings. The summed E-state index contributed by atoms with van der Waals surface area (Å²) in [5, 5.41) is 0. The predicted molar refractivity (Wildman–Crippen MR) is 81.8 cm³/mol. The Morgan fingerprint density at radius 2 is 2.10 bits per heavy atom. The normalized spacial score (nSPS) is 12.2. The Balaban J connectivity index is 2.06. The van der Waals surface area contributed by atoms with Crippen molar-refractivity contribution in [1.29, 1.82) is 0 Å². The maximum absolute atomic E-state index is 6.28. The molecule has 1 aromatic carbocycles. The van der Waals surface area contributed by atoms with Crippen LogP contribution in [0.1, 0.15) is 36.1 Å². The average Bonchev–Trinajstić information content (AvgIpc) is 2.45. The van der Waals surface area contributed by atoms with Gasteiger partial charge in [-0.2, -0.15) is 0 Å². The first-order valence-corrected chi connectivity index (χ1v) is 7.08. The van der Waals surface area contributed by atoms with Crippen LogP contribution in [0.2, 0.25) is 0 Å². The number of hydrogen-bond donors (Lipinski definition) is 1. The number of aryl methyl sites for hydroxylation is 1. The first-order valence-electron chi connectivity index (χ1n) is 7.08. The Morgan fingerprint density at radius 3 is 2.85 bits per heavy atom. The first kappa shape index (κ1) is 14.5. The molecule has 0 aliphatic rings. The average molecular weight is 270 g/mol. The lowest BCUT2D eigenvalue weighted by Gasteiger charge is -2.13. The molecule has 0 aliphatic heterocycles. The minimum Gasteiger partial charge on any atom is -0.492 e. The number of nitrogens with zero attached hydrogens (tertiary/aromatic N) is 1. The number of rotatable bonds is 6. The Labute approximate surface area is 120 Å². The van der Waals surface area contributed by atoms with Crippen molar-refractivity contribution in [2.45, 2.75) is 32.7 Å². The molecule has 3 heteroatoms. The summed E-state index contributed by atoms with van der Waals surface area (Å²) in [6, 6.07) is 10.4. The van der Waals surface area contributed by atoms with Gasteiger partial charge in [-0.25, -0.2) is 0 Å². The van der Waals surface area contributed by atoms with E-state index >= 15 is 0 Å². The van der Waals surface area contributed by atoms with E-state index in [9.17, 15) is 0 Å². The monoisotopic (exact) mass is 270 g/mol. The highest BCUT2D eigenvalue weighted by Crippen LogP contribution is 2.20. The molecule has 3 nitrogen and oxygen atoms in total. The minimum absolute atomic E-state index is 0.0607. The van der Waals surface area contributed by atoms with Gasteiger partial charge in [0.05, 0.1) is 12.8 Å². The SMILES string of the molecule is CCCOc1cncc(C(N)Cc2cccc(C)c2)c1. The van der Waals surface area contributed by atoms with Gasteiger partial charge in [-0.3, -0.25) is 4.98 Å². The highest BCUT2D eigenvalue weighted by atomic mass is 16.5. The van der Waals surface area contributed by atoms with Crippen LogP contribution >= 0.6 is 0 Å². The molecule has 1 unspecified atom stereocenters. The summed E-state index contributed by atoms with van der Waals surface area (Å²) in [6.45, 7) is 4.88. The molecular weight excluding hydrogens is 248 g/mol. The van der Waals surface area contributed by atoms with Crippen LogP contribution in [0.5, 0.6) is 5.75 Å². The van der Waals surface area contributed by atoms with Crippen molar-refractivity contribution in [3.8, 4) is 5.75 Å². The highest BCUT2D eigenvalue weighted by Gasteiger charge is 2.09. The van der Waals surface area contributed by atoms with E-state index in [0.29, 0.717) is 6.61 Å². The second-order valence-corrected chi connectivity index (χ2v) is 5.10. The smallest absolute Gasteiger partial charge is 0.137 e. The molecule has 0 spiro atoms. The molecule has 2 rings (SSSR count). The van der Waals surface area contributed by atoms with Crippen molar-refractivity contribution in [1.82, 2.24) is 4.98 Å². The van der Waals surface area contributed by atoms with Gasteiger partial charge >= 0.3 is 0 Å². The standard InChI is InChI=1S/C17H22N2O/c1-3-7-20-16-10-15(11-19-12-16)17(18)9-14-6-4-5-13(2)8-14/h4-6,8,10-12,17H,3,7,9,18H2,1-2H3. The van der Waals surface area contributed by atoms with E-state index in [1.54, 1.807) is 6.20 Å². The number of ether oxygens (including phenoxy) is 1. The van der Waals surface area contributed by atoms with Gasteiger partial charge < -0.3 is 10.5 Å². The van der Waals surface area contributed by atoms with E-state index in [0.717, 1.165) is 24.2 Å². The summed E-state index contributed by atoms with van der Waals surface area (Å²) in [4.78, 5) is 4.21. The summed E-state index contributed by atoms with van der Waals surface area (Å²) >= 11 is 0. The van der Waals surface area contributed by atoms with Crippen LogP contribution in [-0.2, 0) is 6.42 Å². The van der Waals surface area contributed by atoms with E-state index in [4.69, 9.17) is 10.5 Å². The predicted octanol–water partition coefficient (Wildman–Crippen LogP) is 3.42. The van der Waals surface area contributed by atoms with Crippen molar-refractivity contribution >= 4 is 0 Å². The van der Waals surface area contributed by atoms with Crippen LogP contribution in [0.3, 0.4) is 0 Å². The number of pyridine rings is 1. The van der Waals surface area contributed by atoms with Gasteiger partial charge in [-0.15, -0.1) is 0 Å². The zero-order valence-electron chi connectivity index (χ0n) is 12.2. The van der Waals surface area contributed by atoms with Crippen LogP contribution in [-0.4, -0.2) is 11.6 Å². The van der Waals surface area contributed by atoms with Crippen molar-refractivity contribution < 1.29 is 4.74 Å². The second kappa shape index (κ2) is 7.06. The van der Waals surface area contributed by atoms with Crippen molar-refractivity contribution in [3.63, 3.8) is 0 Å². The van der Waals surface area contributed by atoms with E-state index in [-0.39, 0.29) is 6.04 Å². The largest absolute Gasteiger partial charge is 0.492 e. The molecular formula is C17H22N2O. The number of hydrogen-bond acceptors (Lipinski definition) is 3. The number of aromatic nitrogens is 1. The number of nitrogens with two attached hydrogens (primary N) is 1. The lowest BCUT2D eigenvalue weighted by Crippen LogP contribution is -2.14. The maximum atomic E-state index is 6.28. The quantitative estimate of drug-likeness (QED) is 0.875. The molecule has 20 heavy (non-hydrogen) atoms. The summed E-state index contributed by atoms with van der Waals surface area (Å²) in [5.41, 5.74) is 9.80. The molecule has 1 heterocycles. The maximum Gasteiger partial charge on any atom is 0.137 e. The van der Waals surface area contributed by atoms with Crippen LogP contribution in [0.25, 0.3) is 0 Å². The molecule has 0 radical (unpaired) electrons. The third kappa shape index (κ3) is 4.07. The second-order valence-electron chi connectivity index (χ2n) is 5.10. The van der Waals surface area contributed by atoms with E-state index < -0.39 is 0 Å². The third-order valence-electron chi connectivity index (χ3n) is 3.17. The molecule has 2 aromatic rings. The van der Waals surface area contributed by atoms with Gasteiger partial charge in [0, 0.05) is 12.2 Å². The van der Waals surface area contributed by atoms with Crippen molar-refractivity contribution in [2.75, 3.05) is 6.61 Å². The molecule has 1 aromatic heterocycles. The third-order valence-corrected chi connectivity index (χ3v) is 3.17. The molecule has 0 bridgehead atoms. The van der Waals surface area contributed by atoms with Crippen LogP contribution in [0.4, 0.5) is 0 Å². The molecule has 0 saturated heterocycles. The van der Waals surface area contributed by atoms with E-state index in [2.05, 4.69) is 43.1 Å². The molecule has 0 amide bonds. The zero-order valence-corrected chi connectivity index (χ0v) is 12.2. The summed E-state index contributed by atoms with van der Waals surface area (Å²) in [6.07, 6.45) is 5.35. The molecule has 1 atom stereocenters. The fourth-order valence-corrected chi connectivity index (χ4v) is 2.15. The topological polar surface area (TPSA) is 48.1 Å². The van der Waals surface area contributed by atoms with Gasteiger partial charge in [-0.05, 0) is 37.0 Å². The summed E-state index contributed by atoms with van der Waals surface area (Å²) in [5.74, 6) is 0.795. The Kier molecular flexibility index (Phi) is 5.13. The lowest BCUT2D eigenvalue weighted by atomic mass is 10.00. The van der Waals surface area contributed by atoms with Gasteiger partial charge in [-0.1, -0.05) is 36.8 Å². The molecule has 0 saturated carbocycles. The highest BCUT2D eigenvalue weighted by molar-refractivity contribution is 5.29. The number of benzene rings is 1. The van der Waals surface area contributed by atoms with Crippen LogP contribution in [0, 0.1) is 6.92 Å². The summed E-state index contributed by atoms with van der Waals surface area (Å²) < 4.78 is 5.60. The van der Waals surface area contributed by atoms with Gasteiger partial charge in [0.2, 0.25) is 0 Å². The summed E-state index contributed by atoms with van der Waals surface area (Å²) in [7, 11) is 0. The Morgan fingerprint density at radius 1 is 1.25 bits per heavy atom. The van der Waals surface area contributed by atoms with Crippen molar-refractivity contribution in [2.24, 2.45) is 5.73 Å². The molecule has 0 aliphatic carbocycles. The fraction of sp³-hybridized carbons (Fsp3) is 0.353. The lowest BCUT2D eigenvalue weighted by molar-refractivity contribution is 0.315.